The van der Waals surface area contributed by atoms with Gasteiger partial charge in [-0.25, -0.2) is 8.42 Å². The van der Waals surface area contributed by atoms with Gasteiger partial charge < -0.3 is 20.1 Å². The van der Waals surface area contributed by atoms with Crippen molar-refractivity contribution in [1.82, 2.24) is 14.5 Å². The van der Waals surface area contributed by atoms with Gasteiger partial charge in [0.25, 0.3) is 11.8 Å². The summed E-state index contributed by atoms with van der Waals surface area (Å²) in [5, 5.41) is 13.9. The van der Waals surface area contributed by atoms with Crippen LogP contribution in [0.4, 0.5) is 17.6 Å². The number of nitrogens with one attached hydrogen (secondary N) is 1. The summed E-state index contributed by atoms with van der Waals surface area (Å²) in [5.74, 6) is -1.13. The Morgan fingerprint density at radius 3 is 2.28 bits per heavy atom. The van der Waals surface area contributed by atoms with E-state index < -0.39 is 45.4 Å². The Labute approximate surface area is 270 Å². The second-order valence-corrected chi connectivity index (χ2v) is 14.3. The molecule has 2 amide bonds. The third-order valence-corrected chi connectivity index (χ3v) is 10.4. The van der Waals surface area contributed by atoms with Crippen LogP contribution in [0.25, 0.3) is 6.08 Å². The van der Waals surface area contributed by atoms with Gasteiger partial charge in [-0.15, -0.1) is 0 Å². The first kappa shape index (κ1) is 34.5. The predicted octanol–water partition coefficient (Wildman–Crippen LogP) is 4.24. The first-order valence-corrected chi connectivity index (χ1v) is 16.6. The van der Waals surface area contributed by atoms with Crippen molar-refractivity contribution in [1.29, 1.82) is 0 Å². The Morgan fingerprint density at radius 2 is 1.68 bits per heavy atom. The fourth-order valence-corrected chi connectivity index (χ4v) is 7.16. The Bertz CT molecular complexity index is 1700. The first-order chi connectivity index (χ1) is 21.9. The van der Waals surface area contributed by atoms with Crippen LogP contribution in [0.15, 0.2) is 46.8 Å². The number of sulfonamides is 1. The fraction of sp³-hybridized carbons (Fsp3) is 0.469. The zero-order valence-corrected chi connectivity index (χ0v) is 26.9. The Kier molecular flexibility index (Phi) is 9.29. The Morgan fingerprint density at radius 1 is 1.06 bits per heavy atom. The lowest BCUT2D eigenvalue weighted by Gasteiger charge is -2.36. The second-order valence-electron chi connectivity index (χ2n) is 12.5. The number of halogens is 4. The number of amides is 2. The molecule has 2 aromatic rings. The molecule has 2 N–H and O–H groups in total. The van der Waals surface area contributed by atoms with E-state index in [1.807, 2.05) is 0 Å². The van der Waals surface area contributed by atoms with Crippen molar-refractivity contribution in [2.24, 2.45) is 4.99 Å². The van der Waals surface area contributed by atoms with Crippen LogP contribution in [0.5, 0.6) is 5.75 Å². The lowest BCUT2D eigenvalue weighted by atomic mass is 9.89. The topological polar surface area (TPSA) is 129 Å². The smallest absolute Gasteiger partial charge is 0.428 e. The van der Waals surface area contributed by atoms with Gasteiger partial charge in [0.15, 0.2) is 0 Å². The summed E-state index contributed by atoms with van der Waals surface area (Å²) in [6, 6.07) is 8.32. The molecule has 3 heterocycles. The summed E-state index contributed by atoms with van der Waals surface area (Å²) >= 11 is 0. The van der Waals surface area contributed by atoms with Crippen molar-refractivity contribution in [2.75, 3.05) is 26.2 Å². The molecule has 0 unspecified atom stereocenters. The maximum Gasteiger partial charge on any atom is 0.461 e. The number of hydrogen-bond acceptors (Lipinski definition) is 7. The molecular formula is C32H36F4N4O6S. The van der Waals surface area contributed by atoms with Crippen LogP contribution in [0.1, 0.15) is 65.2 Å². The Hall–Kier alpha value is -3.82. The number of aliphatic imine (C=N–C) groups is 1. The summed E-state index contributed by atoms with van der Waals surface area (Å²) in [6.45, 7) is 6.20. The SMILES string of the molecule is Cc1cc(C(=O)N2CCC(C)(O)CC2)cc(C)c1C=CS(=O)(=O)N1CCC2(CC1)N=C(c1cccc(OC(F)(F)C(F)F)c1)NC2=O. The molecule has 10 nitrogen and oxygen atoms in total. The van der Waals surface area contributed by atoms with Gasteiger partial charge >= 0.3 is 12.5 Å². The number of carbonyl (C=O) groups excluding carboxylic acids is 2. The van der Waals surface area contributed by atoms with E-state index >= 15 is 0 Å². The average molecular weight is 681 g/mol. The lowest BCUT2D eigenvalue weighted by Crippen LogP contribution is -2.50. The molecule has 0 saturated carbocycles. The highest BCUT2D eigenvalue weighted by Crippen LogP contribution is 2.34. The van der Waals surface area contributed by atoms with Crippen molar-refractivity contribution in [3.05, 3.63) is 69.6 Å². The minimum Gasteiger partial charge on any atom is -0.428 e. The van der Waals surface area contributed by atoms with E-state index in [1.165, 1.54) is 22.5 Å². The molecule has 0 aliphatic carbocycles. The number of hydrogen-bond donors (Lipinski definition) is 2. The summed E-state index contributed by atoms with van der Waals surface area (Å²) in [4.78, 5) is 32.3. The third-order valence-electron chi connectivity index (χ3n) is 8.88. The summed E-state index contributed by atoms with van der Waals surface area (Å²) in [6.07, 6.45) is -6.17. The number of aryl methyl sites for hydroxylation is 2. The van der Waals surface area contributed by atoms with E-state index in [0.717, 1.165) is 28.7 Å². The summed E-state index contributed by atoms with van der Waals surface area (Å²) in [7, 11) is -3.90. The molecule has 5 rings (SSSR count). The second kappa shape index (κ2) is 12.7. The molecule has 2 aromatic carbocycles. The van der Waals surface area contributed by atoms with Gasteiger partial charge in [0.1, 0.15) is 17.1 Å². The van der Waals surface area contributed by atoms with Crippen molar-refractivity contribution < 1.29 is 45.4 Å². The highest BCUT2D eigenvalue weighted by Gasteiger charge is 2.48. The first-order valence-electron chi connectivity index (χ1n) is 15.1. The molecule has 0 radical (unpaired) electrons. The number of carbonyl (C=O) groups is 2. The maximum atomic E-state index is 13.4. The van der Waals surface area contributed by atoms with Crippen LogP contribution >= 0.6 is 0 Å². The van der Waals surface area contributed by atoms with Gasteiger partial charge in [-0.3, -0.25) is 14.6 Å². The Balaban J connectivity index is 1.25. The largest absolute Gasteiger partial charge is 0.461 e. The number of benzene rings is 2. The molecule has 1 spiro atoms. The number of piperidine rings is 2. The highest BCUT2D eigenvalue weighted by molar-refractivity contribution is 7.92. The zero-order valence-electron chi connectivity index (χ0n) is 26.1. The fourth-order valence-electron chi connectivity index (χ4n) is 5.99. The number of nitrogens with zero attached hydrogens (tertiary/aromatic N) is 3. The van der Waals surface area contributed by atoms with E-state index in [9.17, 15) is 40.7 Å². The van der Waals surface area contributed by atoms with Crippen LogP contribution in [0.2, 0.25) is 0 Å². The van der Waals surface area contributed by atoms with E-state index in [1.54, 1.807) is 37.8 Å². The van der Waals surface area contributed by atoms with Crippen LogP contribution < -0.4 is 10.1 Å². The molecule has 0 aromatic heterocycles. The van der Waals surface area contributed by atoms with Crippen molar-refractivity contribution in [3.8, 4) is 5.75 Å². The number of alkyl halides is 4. The van der Waals surface area contributed by atoms with Crippen molar-refractivity contribution in [3.63, 3.8) is 0 Å². The van der Waals surface area contributed by atoms with E-state index in [2.05, 4.69) is 15.0 Å². The lowest BCUT2D eigenvalue weighted by molar-refractivity contribution is -0.253. The normalized spacial score (nSPS) is 20.1. The van der Waals surface area contributed by atoms with Gasteiger partial charge in [0.05, 0.1) is 5.60 Å². The highest BCUT2D eigenvalue weighted by atomic mass is 32.2. The molecule has 3 aliphatic rings. The number of likely N-dealkylation sites (tertiary alicyclic amines) is 1. The molecule has 3 aliphatic heterocycles. The van der Waals surface area contributed by atoms with E-state index in [-0.39, 0.29) is 43.2 Å². The molecular weight excluding hydrogens is 644 g/mol. The molecule has 47 heavy (non-hydrogen) atoms. The molecule has 254 valence electrons. The van der Waals surface area contributed by atoms with E-state index in [0.29, 0.717) is 37.1 Å². The van der Waals surface area contributed by atoms with Crippen molar-refractivity contribution in [2.45, 2.75) is 70.1 Å². The molecule has 15 heteroatoms. The van der Waals surface area contributed by atoms with Crippen LogP contribution in [-0.2, 0) is 14.8 Å². The van der Waals surface area contributed by atoms with Gasteiger partial charge in [0, 0.05) is 42.7 Å². The monoisotopic (exact) mass is 680 g/mol. The van der Waals surface area contributed by atoms with Crippen LogP contribution in [0.3, 0.4) is 0 Å². The number of aliphatic hydroxyl groups is 1. The molecule has 2 fully saturated rings. The predicted molar refractivity (Wildman–Crippen MR) is 166 cm³/mol. The van der Waals surface area contributed by atoms with E-state index in [4.69, 9.17) is 0 Å². The molecule has 0 bridgehead atoms. The zero-order chi connectivity index (χ0) is 34.4. The number of amidine groups is 1. The number of ether oxygens (including phenoxy) is 1. The van der Waals surface area contributed by atoms with Gasteiger partial charge in [-0.05, 0) is 93.5 Å². The minimum atomic E-state index is -4.70. The quantitative estimate of drug-likeness (QED) is 0.402. The standard InChI is InChI=1S/C32H36F4N4O6S/c1-20-17-23(27(41)39-12-8-30(3,43)9-13-39)18-21(2)25(20)7-16-47(44,45)40-14-10-31(11-15-40)29(42)37-26(38-31)22-5-4-6-24(19-22)46-32(35,36)28(33)34/h4-7,16-19,28,43H,8-15H2,1-3H3,(H,37,38,42). The van der Waals surface area contributed by atoms with Crippen LogP contribution in [0, 0.1) is 13.8 Å². The molecule has 2 saturated heterocycles. The number of rotatable bonds is 8. The minimum absolute atomic E-state index is 0.0191. The van der Waals surface area contributed by atoms with Crippen LogP contribution in [-0.4, -0.2) is 90.2 Å². The summed E-state index contributed by atoms with van der Waals surface area (Å²) in [5.41, 5.74) is 0.681. The summed E-state index contributed by atoms with van der Waals surface area (Å²) < 4.78 is 83.9. The maximum absolute atomic E-state index is 13.4. The van der Waals surface area contributed by atoms with Gasteiger partial charge in [0.2, 0.25) is 10.0 Å². The molecule has 0 atom stereocenters. The van der Waals surface area contributed by atoms with Crippen molar-refractivity contribution >= 4 is 33.7 Å². The average Bonchev–Trinajstić information content (AvgIpc) is 3.31. The van der Waals surface area contributed by atoms with Gasteiger partial charge in [-0.1, -0.05) is 12.1 Å². The van der Waals surface area contributed by atoms with Gasteiger partial charge in [-0.2, -0.15) is 21.9 Å². The third kappa shape index (κ3) is 7.36.